The van der Waals surface area contributed by atoms with Crippen molar-refractivity contribution in [3.63, 3.8) is 0 Å². The van der Waals surface area contributed by atoms with Gasteiger partial charge in [0.25, 0.3) is 0 Å². The van der Waals surface area contributed by atoms with Crippen LogP contribution in [0.15, 0.2) is 0 Å². The predicted octanol–water partition coefficient (Wildman–Crippen LogP) is 2.16. The van der Waals surface area contributed by atoms with Crippen molar-refractivity contribution in [1.29, 1.82) is 0 Å². The second-order valence-electron chi connectivity index (χ2n) is 6.65. The van der Waals surface area contributed by atoms with Crippen molar-refractivity contribution < 1.29 is 19.0 Å². The number of carbonyl (C=O) groups is 1. The number of ether oxygens (including phenoxy) is 3. The topological polar surface area (TPSA) is 74.0 Å². The van der Waals surface area contributed by atoms with E-state index in [0.717, 1.165) is 38.9 Å². The first kappa shape index (κ1) is 19.2. The fourth-order valence-corrected chi connectivity index (χ4v) is 2.23. The highest BCUT2D eigenvalue weighted by molar-refractivity contribution is 5.68. The third-order valence-corrected chi connectivity index (χ3v) is 3.37. The lowest BCUT2D eigenvalue weighted by atomic mass is 10.1. The van der Waals surface area contributed by atoms with Gasteiger partial charge >= 0.3 is 6.09 Å². The van der Waals surface area contributed by atoms with Gasteiger partial charge in [-0.1, -0.05) is 0 Å². The van der Waals surface area contributed by atoms with Crippen LogP contribution in [-0.4, -0.2) is 62.2 Å². The molecule has 6 nitrogen and oxygen atoms in total. The highest BCUT2D eigenvalue weighted by Crippen LogP contribution is 2.17. The Bertz CT molecular complexity index is 310. The molecule has 0 bridgehead atoms. The van der Waals surface area contributed by atoms with Crippen molar-refractivity contribution >= 4 is 6.09 Å². The second kappa shape index (κ2) is 10.0. The first-order valence-corrected chi connectivity index (χ1v) is 8.29. The molecule has 1 fully saturated rings. The van der Waals surface area contributed by atoms with Crippen molar-refractivity contribution in [1.82, 2.24) is 4.90 Å². The summed E-state index contributed by atoms with van der Waals surface area (Å²) in [4.78, 5) is 13.7. The molecule has 0 saturated carbocycles. The zero-order valence-electron chi connectivity index (χ0n) is 14.3. The molecule has 1 aliphatic rings. The van der Waals surface area contributed by atoms with Crippen LogP contribution in [0.4, 0.5) is 4.79 Å². The summed E-state index contributed by atoms with van der Waals surface area (Å²) in [5.74, 6) is 0. The summed E-state index contributed by atoms with van der Waals surface area (Å²) in [5, 5.41) is 0. The Morgan fingerprint density at radius 1 is 1.14 bits per heavy atom. The molecule has 0 aliphatic carbocycles. The molecule has 0 aromatic carbocycles. The van der Waals surface area contributed by atoms with Gasteiger partial charge in [-0.05, 0) is 53.0 Å². The number of hydrogen-bond donors (Lipinski definition) is 1. The summed E-state index contributed by atoms with van der Waals surface area (Å²) >= 11 is 0. The van der Waals surface area contributed by atoms with Gasteiger partial charge in [-0.15, -0.1) is 0 Å². The van der Waals surface area contributed by atoms with Crippen LogP contribution < -0.4 is 5.73 Å². The number of likely N-dealkylation sites (tertiary alicyclic amines) is 1. The molecule has 1 aliphatic heterocycles. The molecule has 0 aromatic heterocycles. The minimum atomic E-state index is -0.436. The maximum absolute atomic E-state index is 11.9. The summed E-state index contributed by atoms with van der Waals surface area (Å²) in [6.07, 6.45) is 3.56. The zero-order valence-corrected chi connectivity index (χ0v) is 14.3. The predicted molar refractivity (Wildman–Crippen MR) is 85.9 cm³/mol. The van der Waals surface area contributed by atoms with Crippen molar-refractivity contribution in [2.75, 3.05) is 39.5 Å². The van der Waals surface area contributed by atoms with Crippen LogP contribution in [-0.2, 0) is 14.2 Å². The standard InChI is InChI=1S/C16H32N2O4/c1-16(2,3)22-15(19)18-9-6-14(7-10-18)21-13-5-12-20-11-4-8-17/h14H,4-13,17H2,1-3H3. The Kier molecular flexibility index (Phi) is 8.75. The Hall–Kier alpha value is -0.850. The van der Waals surface area contributed by atoms with Crippen molar-refractivity contribution in [2.45, 2.75) is 58.2 Å². The lowest BCUT2D eigenvalue weighted by molar-refractivity contribution is -0.0162. The number of nitrogens with zero attached hydrogens (tertiary/aromatic N) is 1. The maximum atomic E-state index is 11.9. The van der Waals surface area contributed by atoms with Crippen LogP contribution >= 0.6 is 0 Å². The number of rotatable bonds is 8. The van der Waals surface area contributed by atoms with Crippen LogP contribution in [0.3, 0.4) is 0 Å². The molecule has 22 heavy (non-hydrogen) atoms. The second-order valence-corrected chi connectivity index (χ2v) is 6.65. The highest BCUT2D eigenvalue weighted by atomic mass is 16.6. The van der Waals surface area contributed by atoms with E-state index < -0.39 is 5.60 Å². The summed E-state index contributed by atoms with van der Waals surface area (Å²) in [7, 11) is 0. The SMILES string of the molecule is CC(C)(C)OC(=O)N1CCC(OCCCOCCCN)CC1. The van der Waals surface area contributed by atoms with Gasteiger partial charge in [-0.2, -0.15) is 0 Å². The quantitative estimate of drug-likeness (QED) is 0.695. The molecule has 0 atom stereocenters. The third-order valence-electron chi connectivity index (χ3n) is 3.37. The minimum Gasteiger partial charge on any atom is -0.444 e. The van der Waals surface area contributed by atoms with Crippen LogP contribution in [0.1, 0.15) is 46.5 Å². The number of hydrogen-bond acceptors (Lipinski definition) is 5. The molecule has 1 saturated heterocycles. The van der Waals surface area contributed by atoms with Gasteiger partial charge in [0.1, 0.15) is 5.60 Å². The first-order chi connectivity index (χ1) is 10.4. The fraction of sp³-hybridized carbons (Fsp3) is 0.938. The Labute approximate surface area is 134 Å². The monoisotopic (exact) mass is 316 g/mol. The van der Waals surface area contributed by atoms with Gasteiger partial charge in [-0.25, -0.2) is 4.79 Å². The molecule has 1 rings (SSSR count). The molecule has 1 heterocycles. The van der Waals surface area contributed by atoms with Gasteiger partial charge in [0.2, 0.25) is 0 Å². The van der Waals surface area contributed by atoms with Gasteiger partial charge in [-0.3, -0.25) is 0 Å². The van der Waals surface area contributed by atoms with E-state index in [-0.39, 0.29) is 12.2 Å². The van der Waals surface area contributed by atoms with E-state index >= 15 is 0 Å². The number of piperidine rings is 1. The molecule has 1 amide bonds. The Morgan fingerprint density at radius 3 is 2.36 bits per heavy atom. The van der Waals surface area contributed by atoms with E-state index in [1.165, 1.54) is 0 Å². The minimum absolute atomic E-state index is 0.223. The molecule has 0 aromatic rings. The molecule has 0 unspecified atom stereocenters. The van der Waals surface area contributed by atoms with Gasteiger partial charge < -0.3 is 24.8 Å². The molecule has 6 heteroatoms. The normalized spacial score (nSPS) is 16.8. The lowest BCUT2D eigenvalue weighted by Crippen LogP contribution is -2.43. The average molecular weight is 316 g/mol. The summed E-state index contributed by atoms with van der Waals surface area (Å²) < 4.78 is 16.6. The van der Waals surface area contributed by atoms with Gasteiger partial charge in [0.15, 0.2) is 0 Å². The molecule has 2 N–H and O–H groups in total. The smallest absolute Gasteiger partial charge is 0.410 e. The average Bonchev–Trinajstić information content (AvgIpc) is 2.45. The zero-order chi connectivity index (χ0) is 16.4. The van der Waals surface area contributed by atoms with Crippen molar-refractivity contribution in [3.05, 3.63) is 0 Å². The molecule has 0 radical (unpaired) electrons. The molecule has 0 spiro atoms. The fourth-order valence-electron chi connectivity index (χ4n) is 2.23. The summed E-state index contributed by atoms with van der Waals surface area (Å²) in [6, 6.07) is 0. The first-order valence-electron chi connectivity index (χ1n) is 8.29. The van der Waals surface area contributed by atoms with Crippen LogP contribution in [0, 0.1) is 0 Å². The summed E-state index contributed by atoms with van der Waals surface area (Å²) in [6.45, 7) is 9.89. The maximum Gasteiger partial charge on any atom is 0.410 e. The number of amides is 1. The molecular weight excluding hydrogens is 284 g/mol. The van der Waals surface area contributed by atoms with Crippen LogP contribution in [0.25, 0.3) is 0 Å². The lowest BCUT2D eigenvalue weighted by Gasteiger charge is -2.33. The van der Waals surface area contributed by atoms with Crippen LogP contribution in [0.5, 0.6) is 0 Å². The van der Waals surface area contributed by atoms with E-state index in [1.54, 1.807) is 4.90 Å². The van der Waals surface area contributed by atoms with Crippen molar-refractivity contribution in [3.8, 4) is 0 Å². The van der Waals surface area contributed by atoms with Gasteiger partial charge in [0.05, 0.1) is 6.10 Å². The van der Waals surface area contributed by atoms with Crippen LogP contribution in [0.2, 0.25) is 0 Å². The highest BCUT2D eigenvalue weighted by Gasteiger charge is 2.26. The molecular formula is C16H32N2O4. The third kappa shape index (κ3) is 8.56. The number of nitrogens with two attached hydrogens (primary N) is 1. The van der Waals surface area contributed by atoms with Gasteiger partial charge in [0, 0.05) is 32.9 Å². The largest absolute Gasteiger partial charge is 0.444 e. The Morgan fingerprint density at radius 2 is 1.77 bits per heavy atom. The van der Waals surface area contributed by atoms with Crippen molar-refractivity contribution in [2.24, 2.45) is 5.73 Å². The Balaban J connectivity index is 2.06. The van der Waals surface area contributed by atoms with E-state index in [0.29, 0.717) is 26.2 Å². The number of carbonyl (C=O) groups excluding carboxylic acids is 1. The van der Waals surface area contributed by atoms with E-state index in [4.69, 9.17) is 19.9 Å². The molecule has 130 valence electrons. The van der Waals surface area contributed by atoms with E-state index in [2.05, 4.69) is 0 Å². The van der Waals surface area contributed by atoms with E-state index in [9.17, 15) is 4.79 Å². The van der Waals surface area contributed by atoms with E-state index in [1.807, 2.05) is 20.8 Å². The summed E-state index contributed by atoms with van der Waals surface area (Å²) in [5.41, 5.74) is 4.96.